The highest BCUT2D eigenvalue weighted by atomic mass is 35.5. The third kappa shape index (κ3) is 3.91. The molecule has 1 N–H and O–H groups in total. The van der Waals surface area contributed by atoms with Crippen LogP contribution in [-0.2, 0) is 6.54 Å². The molecule has 0 aromatic carbocycles. The second kappa shape index (κ2) is 6.21. The molecule has 2 fully saturated rings. The first kappa shape index (κ1) is 13.3. The van der Waals surface area contributed by atoms with Crippen LogP contribution in [0.1, 0.15) is 31.4 Å². The van der Waals surface area contributed by atoms with E-state index in [-0.39, 0.29) is 0 Å². The van der Waals surface area contributed by atoms with Gasteiger partial charge in [-0.3, -0.25) is 4.90 Å². The third-order valence-electron chi connectivity index (χ3n) is 4.09. The number of hydrogen-bond acceptors (Lipinski definition) is 3. The summed E-state index contributed by atoms with van der Waals surface area (Å²) in [4.78, 5) is 7.03. The number of piperidine rings is 1. The number of rotatable bonds is 5. The molecule has 1 atom stereocenters. The average Bonchev–Trinajstić information content (AvgIpc) is 3.23. The van der Waals surface area contributed by atoms with E-state index in [2.05, 4.69) is 21.3 Å². The molecule has 1 unspecified atom stereocenters. The molecule has 1 saturated carbocycles. The first-order valence-corrected chi connectivity index (χ1v) is 7.75. The van der Waals surface area contributed by atoms with E-state index in [1.165, 1.54) is 45.3 Å². The topological polar surface area (TPSA) is 28.2 Å². The van der Waals surface area contributed by atoms with Crippen molar-refractivity contribution in [1.82, 2.24) is 15.2 Å². The van der Waals surface area contributed by atoms with E-state index >= 15 is 0 Å². The molecule has 0 amide bonds. The summed E-state index contributed by atoms with van der Waals surface area (Å²) in [6.07, 6.45) is 5.37. The molecule has 1 aliphatic heterocycles. The fourth-order valence-corrected chi connectivity index (χ4v) is 3.12. The molecule has 19 heavy (non-hydrogen) atoms. The summed E-state index contributed by atoms with van der Waals surface area (Å²) in [5, 5.41) is 4.11. The van der Waals surface area contributed by atoms with Crippen LogP contribution in [0.5, 0.6) is 0 Å². The minimum absolute atomic E-state index is 0.604. The Morgan fingerprint density at radius 3 is 2.89 bits per heavy atom. The number of nitrogens with zero attached hydrogens (tertiary/aromatic N) is 2. The van der Waals surface area contributed by atoms with Crippen LogP contribution in [0.15, 0.2) is 18.2 Å². The van der Waals surface area contributed by atoms with Crippen molar-refractivity contribution in [3.8, 4) is 0 Å². The van der Waals surface area contributed by atoms with Gasteiger partial charge in [-0.1, -0.05) is 17.7 Å². The minimum atomic E-state index is 0.604. The van der Waals surface area contributed by atoms with Crippen LogP contribution in [0.3, 0.4) is 0 Å². The van der Waals surface area contributed by atoms with E-state index in [4.69, 9.17) is 11.6 Å². The SMILES string of the molecule is Clc1cccc(CN(CC2CCCNC2)C2CC2)n1. The fraction of sp³-hybridized carbons (Fsp3) is 0.667. The quantitative estimate of drug-likeness (QED) is 0.840. The number of pyridine rings is 1. The number of aromatic nitrogens is 1. The predicted molar refractivity (Wildman–Crippen MR) is 78.3 cm³/mol. The van der Waals surface area contributed by atoms with Gasteiger partial charge in [0.1, 0.15) is 5.15 Å². The lowest BCUT2D eigenvalue weighted by Gasteiger charge is -2.30. The van der Waals surface area contributed by atoms with Crippen LogP contribution in [0.4, 0.5) is 0 Å². The van der Waals surface area contributed by atoms with E-state index in [1.807, 2.05) is 12.1 Å². The zero-order chi connectivity index (χ0) is 13.1. The van der Waals surface area contributed by atoms with Gasteiger partial charge in [-0.2, -0.15) is 0 Å². The molecule has 104 valence electrons. The summed E-state index contributed by atoms with van der Waals surface area (Å²) in [6, 6.07) is 6.71. The summed E-state index contributed by atoms with van der Waals surface area (Å²) in [6.45, 7) is 4.51. The van der Waals surface area contributed by atoms with Gasteiger partial charge >= 0.3 is 0 Å². The summed E-state index contributed by atoms with van der Waals surface area (Å²) in [7, 11) is 0. The number of nitrogens with one attached hydrogen (secondary N) is 1. The smallest absolute Gasteiger partial charge is 0.129 e. The molecule has 0 radical (unpaired) electrons. The molecule has 4 heteroatoms. The predicted octanol–water partition coefficient (Wildman–Crippen LogP) is 2.70. The van der Waals surface area contributed by atoms with Gasteiger partial charge in [-0.15, -0.1) is 0 Å². The fourth-order valence-electron chi connectivity index (χ4n) is 2.94. The molecule has 1 aromatic rings. The molecule has 1 aliphatic carbocycles. The summed E-state index contributed by atoms with van der Waals surface area (Å²) < 4.78 is 0. The normalized spacial score (nSPS) is 23.8. The van der Waals surface area contributed by atoms with Crippen LogP contribution in [0.2, 0.25) is 5.15 Å². The van der Waals surface area contributed by atoms with Crippen molar-refractivity contribution in [3.05, 3.63) is 29.0 Å². The van der Waals surface area contributed by atoms with Gasteiger partial charge in [0.25, 0.3) is 0 Å². The van der Waals surface area contributed by atoms with Crippen LogP contribution >= 0.6 is 11.6 Å². The van der Waals surface area contributed by atoms with Crippen molar-refractivity contribution in [1.29, 1.82) is 0 Å². The lowest BCUT2D eigenvalue weighted by molar-refractivity contribution is 0.191. The molecule has 1 aromatic heterocycles. The van der Waals surface area contributed by atoms with Crippen LogP contribution in [0, 0.1) is 5.92 Å². The maximum atomic E-state index is 5.98. The minimum Gasteiger partial charge on any atom is -0.316 e. The Morgan fingerprint density at radius 2 is 2.21 bits per heavy atom. The van der Waals surface area contributed by atoms with Gasteiger partial charge in [-0.05, 0) is 56.8 Å². The lowest BCUT2D eigenvalue weighted by Crippen LogP contribution is -2.39. The Bertz CT molecular complexity index is 414. The second-order valence-electron chi connectivity index (χ2n) is 5.82. The maximum Gasteiger partial charge on any atom is 0.129 e. The first-order valence-electron chi connectivity index (χ1n) is 7.37. The highest BCUT2D eigenvalue weighted by Gasteiger charge is 2.31. The average molecular weight is 280 g/mol. The third-order valence-corrected chi connectivity index (χ3v) is 4.30. The largest absolute Gasteiger partial charge is 0.316 e. The molecule has 3 nitrogen and oxygen atoms in total. The van der Waals surface area contributed by atoms with E-state index in [1.54, 1.807) is 0 Å². The van der Waals surface area contributed by atoms with Gasteiger partial charge in [0, 0.05) is 19.1 Å². The number of halogens is 1. The van der Waals surface area contributed by atoms with Crippen LogP contribution in [-0.4, -0.2) is 35.6 Å². The Labute approximate surface area is 120 Å². The van der Waals surface area contributed by atoms with E-state index in [0.29, 0.717) is 5.15 Å². The molecule has 0 spiro atoms. The molecule has 3 rings (SSSR count). The zero-order valence-electron chi connectivity index (χ0n) is 11.3. The maximum absolute atomic E-state index is 5.98. The Morgan fingerprint density at radius 1 is 1.32 bits per heavy atom. The monoisotopic (exact) mass is 279 g/mol. The van der Waals surface area contributed by atoms with Crippen molar-refractivity contribution >= 4 is 11.6 Å². The van der Waals surface area contributed by atoms with Gasteiger partial charge in [0.05, 0.1) is 5.69 Å². The summed E-state index contributed by atoms with van der Waals surface area (Å²) >= 11 is 5.98. The molecule has 2 aliphatic rings. The lowest BCUT2D eigenvalue weighted by atomic mass is 9.99. The molecule has 2 heterocycles. The van der Waals surface area contributed by atoms with Crippen LogP contribution in [0.25, 0.3) is 0 Å². The van der Waals surface area contributed by atoms with Gasteiger partial charge < -0.3 is 5.32 Å². The Hall–Kier alpha value is -0.640. The first-order chi connectivity index (χ1) is 9.31. The molecular formula is C15H22ClN3. The second-order valence-corrected chi connectivity index (χ2v) is 6.21. The van der Waals surface area contributed by atoms with Crippen molar-refractivity contribution in [2.45, 2.75) is 38.3 Å². The van der Waals surface area contributed by atoms with Crippen molar-refractivity contribution in [3.63, 3.8) is 0 Å². The summed E-state index contributed by atoms with van der Waals surface area (Å²) in [5.74, 6) is 0.800. The van der Waals surface area contributed by atoms with Gasteiger partial charge in [0.15, 0.2) is 0 Å². The van der Waals surface area contributed by atoms with Crippen molar-refractivity contribution in [2.75, 3.05) is 19.6 Å². The summed E-state index contributed by atoms with van der Waals surface area (Å²) in [5.41, 5.74) is 1.10. The highest BCUT2D eigenvalue weighted by Crippen LogP contribution is 2.29. The molecule has 1 saturated heterocycles. The Kier molecular flexibility index (Phi) is 4.36. The van der Waals surface area contributed by atoms with E-state index in [0.717, 1.165) is 24.2 Å². The van der Waals surface area contributed by atoms with E-state index in [9.17, 15) is 0 Å². The van der Waals surface area contributed by atoms with E-state index < -0.39 is 0 Å². The van der Waals surface area contributed by atoms with Crippen molar-refractivity contribution < 1.29 is 0 Å². The Balaban J connectivity index is 1.60. The number of hydrogen-bond donors (Lipinski definition) is 1. The van der Waals surface area contributed by atoms with Gasteiger partial charge in [-0.25, -0.2) is 4.98 Å². The molecule has 0 bridgehead atoms. The van der Waals surface area contributed by atoms with Crippen molar-refractivity contribution in [2.24, 2.45) is 5.92 Å². The molecular weight excluding hydrogens is 258 g/mol. The highest BCUT2D eigenvalue weighted by molar-refractivity contribution is 6.29. The van der Waals surface area contributed by atoms with Gasteiger partial charge in [0.2, 0.25) is 0 Å². The zero-order valence-corrected chi connectivity index (χ0v) is 12.1. The standard InChI is InChI=1S/C15H22ClN3/c16-15-5-1-4-13(18-15)11-19(14-6-7-14)10-12-3-2-8-17-9-12/h1,4-5,12,14,17H,2-3,6-11H2. The van der Waals surface area contributed by atoms with Crippen LogP contribution < -0.4 is 5.32 Å².